The smallest absolute Gasteiger partial charge is 0.103 e. The molecule has 0 spiro atoms. The van der Waals surface area contributed by atoms with Gasteiger partial charge in [0.2, 0.25) is 0 Å². The zero-order valence-electron chi connectivity index (χ0n) is 12.5. The van der Waals surface area contributed by atoms with Crippen molar-refractivity contribution < 1.29 is 5.11 Å². The van der Waals surface area contributed by atoms with Gasteiger partial charge in [-0.3, -0.25) is 4.68 Å². The van der Waals surface area contributed by atoms with Crippen LogP contribution in [0.2, 0.25) is 0 Å². The maximum atomic E-state index is 10.9. The molecule has 1 aromatic heterocycles. The average Bonchev–Trinajstić information content (AvgIpc) is 2.96. The lowest BCUT2D eigenvalue weighted by Crippen LogP contribution is -2.21. The fourth-order valence-electron chi connectivity index (χ4n) is 2.79. The molecule has 2 rings (SSSR count). The maximum Gasteiger partial charge on any atom is 0.103 e. The van der Waals surface area contributed by atoms with Gasteiger partial charge < -0.3 is 5.11 Å². The van der Waals surface area contributed by atoms with Gasteiger partial charge in [0, 0.05) is 18.7 Å². The Balaban J connectivity index is 2.37. The summed E-state index contributed by atoms with van der Waals surface area (Å²) in [6.45, 7) is 7.20. The molecule has 3 heteroatoms. The average molecular weight is 272 g/mol. The van der Waals surface area contributed by atoms with Crippen molar-refractivity contribution in [3.8, 4) is 0 Å². The number of aromatic nitrogens is 2. The van der Waals surface area contributed by atoms with Crippen LogP contribution < -0.4 is 0 Å². The van der Waals surface area contributed by atoms with Gasteiger partial charge in [-0.25, -0.2) is 0 Å². The molecule has 1 aromatic carbocycles. The third kappa shape index (κ3) is 2.93. The maximum absolute atomic E-state index is 10.9. The highest BCUT2D eigenvalue weighted by Gasteiger charge is 2.29. The lowest BCUT2D eigenvalue weighted by Gasteiger charge is -2.29. The Morgan fingerprint density at radius 3 is 2.45 bits per heavy atom. The Morgan fingerprint density at radius 2 is 1.85 bits per heavy atom. The summed E-state index contributed by atoms with van der Waals surface area (Å²) in [4.78, 5) is 0. The Labute approximate surface area is 121 Å². The Morgan fingerprint density at radius 1 is 1.15 bits per heavy atom. The van der Waals surface area contributed by atoms with E-state index in [1.165, 1.54) is 5.56 Å². The zero-order chi connectivity index (χ0) is 14.5. The molecule has 3 unspecified atom stereocenters. The Kier molecular flexibility index (Phi) is 4.96. The fourth-order valence-corrected chi connectivity index (χ4v) is 2.79. The van der Waals surface area contributed by atoms with Gasteiger partial charge in [-0.1, -0.05) is 50.6 Å². The van der Waals surface area contributed by atoms with E-state index in [4.69, 9.17) is 0 Å². The topological polar surface area (TPSA) is 38.1 Å². The molecule has 0 amide bonds. The van der Waals surface area contributed by atoms with E-state index >= 15 is 0 Å². The summed E-state index contributed by atoms with van der Waals surface area (Å²) >= 11 is 0. The molecule has 0 bridgehead atoms. The molecule has 20 heavy (non-hydrogen) atoms. The summed E-state index contributed by atoms with van der Waals surface area (Å²) in [6, 6.07) is 12.2. The third-order valence-corrected chi connectivity index (χ3v) is 4.13. The molecular formula is C17H24N2O. The minimum Gasteiger partial charge on any atom is -0.386 e. The highest BCUT2D eigenvalue weighted by atomic mass is 16.3. The van der Waals surface area contributed by atoms with Gasteiger partial charge in [0.05, 0.1) is 5.69 Å². The Hall–Kier alpha value is -1.61. The van der Waals surface area contributed by atoms with Crippen molar-refractivity contribution in [2.24, 2.45) is 5.92 Å². The first-order valence-electron chi connectivity index (χ1n) is 7.43. The number of aryl methyl sites for hydroxylation is 1. The van der Waals surface area contributed by atoms with Gasteiger partial charge in [0.15, 0.2) is 0 Å². The van der Waals surface area contributed by atoms with Crippen LogP contribution >= 0.6 is 0 Å². The van der Waals surface area contributed by atoms with E-state index in [1.54, 1.807) is 6.20 Å². The number of rotatable bonds is 6. The second-order valence-corrected chi connectivity index (χ2v) is 5.34. The van der Waals surface area contributed by atoms with Crippen molar-refractivity contribution in [1.82, 2.24) is 9.78 Å². The number of aliphatic hydroxyl groups excluding tert-OH is 1. The van der Waals surface area contributed by atoms with Crippen molar-refractivity contribution in [2.75, 3.05) is 0 Å². The van der Waals surface area contributed by atoms with Crippen molar-refractivity contribution >= 4 is 0 Å². The van der Waals surface area contributed by atoms with Gasteiger partial charge >= 0.3 is 0 Å². The predicted molar refractivity (Wildman–Crippen MR) is 81.5 cm³/mol. The standard InChI is InChI=1S/C17H24N2O/c1-4-13(3)16(14-9-7-6-8-10-14)17(20)15-11-12-18-19(15)5-2/h6-13,16-17,20H,4-5H2,1-3H3. The number of nitrogens with zero attached hydrogens (tertiary/aromatic N) is 2. The highest BCUT2D eigenvalue weighted by molar-refractivity contribution is 5.24. The largest absolute Gasteiger partial charge is 0.386 e. The molecule has 0 fully saturated rings. The summed E-state index contributed by atoms with van der Waals surface area (Å²) in [6.07, 6.45) is 2.28. The number of hydrogen-bond acceptors (Lipinski definition) is 2. The van der Waals surface area contributed by atoms with E-state index in [-0.39, 0.29) is 5.92 Å². The summed E-state index contributed by atoms with van der Waals surface area (Å²) in [7, 11) is 0. The second-order valence-electron chi connectivity index (χ2n) is 5.34. The van der Waals surface area contributed by atoms with E-state index < -0.39 is 6.10 Å². The lowest BCUT2D eigenvalue weighted by molar-refractivity contribution is 0.109. The van der Waals surface area contributed by atoms with Crippen LogP contribution in [0.25, 0.3) is 0 Å². The Bertz CT molecular complexity index is 521. The molecule has 0 aliphatic rings. The van der Waals surface area contributed by atoms with Crippen LogP contribution in [-0.2, 0) is 6.54 Å². The number of hydrogen-bond donors (Lipinski definition) is 1. The van der Waals surface area contributed by atoms with Gasteiger partial charge in [-0.05, 0) is 24.5 Å². The van der Waals surface area contributed by atoms with Crippen molar-refractivity contribution in [3.63, 3.8) is 0 Å². The monoisotopic (exact) mass is 272 g/mol. The number of benzene rings is 1. The minimum absolute atomic E-state index is 0.100. The zero-order valence-corrected chi connectivity index (χ0v) is 12.5. The molecule has 3 nitrogen and oxygen atoms in total. The lowest BCUT2D eigenvalue weighted by atomic mass is 9.80. The van der Waals surface area contributed by atoms with Gasteiger partial charge in [0.25, 0.3) is 0 Å². The van der Waals surface area contributed by atoms with E-state index in [2.05, 4.69) is 31.1 Å². The molecule has 1 N–H and O–H groups in total. The van der Waals surface area contributed by atoms with E-state index in [1.807, 2.05) is 35.9 Å². The van der Waals surface area contributed by atoms with Gasteiger partial charge in [-0.15, -0.1) is 0 Å². The van der Waals surface area contributed by atoms with Crippen LogP contribution in [-0.4, -0.2) is 14.9 Å². The molecule has 3 atom stereocenters. The van der Waals surface area contributed by atoms with Gasteiger partial charge in [-0.2, -0.15) is 5.10 Å². The molecule has 0 radical (unpaired) electrons. The fraction of sp³-hybridized carbons (Fsp3) is 0.471. The molecule has 0 saturated carbocycles. The summed E-state index contributed by atoms with van der Waals surface area (Å²) < 4.78 is 1.88. The quantitative estimate of drug-likeness (QED) is 0.869. The molecule has 0 aliphatic carbocycles. The first-order chi connectivity index (χ1) is 9.69. The summed E-state index contributed by atoms with van der Waals surface area (Å²) in [5, 5.41) is 15.1. The van der Waals surface area contributed by atoms with Crippen LogP contribution in [0.15, 0.2) is 42.6 Å². The van der Waals surface area contributed by atoms with Crippen molar-refractivity contribution in [1.29, 1.82) is 0 Å². The SMILES string of the molecule is CCC(C)C(c1ccccc1)C(O)c1ccnn1CC. The van der Waals surface area contributed by atoms with Gasteiger partial charge in [0.1, 0.15) is 6.10 Å². The van der Waals surface area contributed by atoms with Crippen LogP contribution in [0.1, 0.15) is 50.5 Å². The van der Waals surface area contributed by atoms with Crippen molar-refractivity contribution in [3.05, 3.63) is 53.9 Å². The molecule has 1 heterocycles. The van der Waals surface area contributed by atoms with Crippen LogP contribution in [0.5, 0.6) is 0 Å². The first kappa shape index (κ1) is 14.8. The summed E-state index contributed by atoms with van der Waals surface area (Å²) in [5.74, 6) is 0.510. The van der Waals surface area contributed by atoms with Crippen molar-refractivity contribution in [2.45, 2.75) is 45.8 Å². The van der Waals surface area contributed by atoms with Crippen LogP contribution in [0.3, 0.4) is 0 Å². The summed E-state index contributed by atoms with van der Waals surface area (Å²) in [5.41, 5.74) is 2.10. The minimum atomic E-state index is -0.519. The molecule has 0 saturated heterocycles. The molecular weight excluding hydrogens is 248 g/mol. The van der Waals surface area contributed by atoms with Crippen LogP contribution in [0.4, 0.5) is 0 Å². The molecule has 2 aromatic rings. The van der Waals surface area contributed by atoms with E-state index in [0.29, 0.717) is 5.92 Å². The van der Waals surface area contributed by atoms with E-state index in [9.17, 15) is 5.11 Å². The van der Waals surface area contributed by atoms with Crippen LogP contribution in [0, 0.1) is 5.92 Å². The normalized spacial score (nSPS) is 15.8. The first-order valence-corrected chi connectivity index (χ1v) is 7.43. The predicted octanol–water partition coefficient (Wildman–Crippen LogP) is 3.77. The molecule has 108 valence electrons. The second kappa shape index (κ2) is 6.71. The third-order valence-electron chi connectivity index (χ3n) is 4.13. The number of aliphatic hydroxyl groups is 1. The highest BCUT2D eigenvalue weighted by Crippen LogP contribution is 2.38. The van der Waals surface area contributed by atoms with E-state index in [0.717, 1.165) is 18.7 Å². The molecule has 0 aliphatic heterocycles.